The van der Waals surface area contributed by atoms with Crippen LogP contribution in [0.2, 0.25) is 0 Å². The van der Waals surface area contributed by atoms with Gasteiger partial charge in [0.05, 0.1) is 5.48 Å². The smallest absolute Gasteiger partial charge is 0.115 e. The van der Waals surface area contributed by atoms with Gasteiger partial charge in [-0.05, 0) is 30.6 Å². The Morgan fingerprint density at radius 2 is 2.40 bits per heavy atom. The molecule has 0 heterocycles. The van der Waals surface area contributed by atoms with Gasteiger partial charge < -0.3 is 10.8 Å². The molecule has 0 amide bonds. The van der Waals surface area contributed by atoms with Crippen LogP contribution in [0.5, 0.6) is 5.75 Å². The lowest BCUT2D eigenvalue weighted by molar-refractivity contribution is 0.474. The van der Waals surface area contributed by atoms with Gasteiger partial charge >= 0.3 is 0 Å². The maximum Gasteiger partial charge on any atom is 0.115 e. The van der Waals surface area contributed by atoms with Crippen LogP contribution < -0.4 is 5.73 Å². The predicted octanol–water partition coefficient (Wildman–Crippen LogP) is 0.893. The van der Waals surface area contributed by atoms with E-state index < -0.39 is 11.8 Å². The molecule has 2 nitrogen and oxygen atoms in total. The number of nitrogens with two attached hydrogens (primary N) is 1. The molecule has 0 spiro atoms. The summed E-state index contributed by atoms with van der Waals surface area (Å²) in [5.74, 6) is -0.547. The Balaban J connectivity index is 3.43. The molecule has 54 valence electrons. The highest BCUT2D eigenvalue weighted by molar-refractivity contribution is 5.27. The van der Waals surface area contributed by atoms with Gasteiger partial charge in [-0.3, -0.25) is 0 Å². The monoisotopic (exact) mass is 141 g/mol. The molecular weight excluding hydrogens is 126 g/mol. The molecule has 0 radical (unpaired) electrons. The molecule has 0 bridgehead atoms. The Kier molecular flexibility index (Phi) is 1.09. The van der Waals surface area contributed by atoms with E-state index in [2.05, 4.69) is 0 Å². The van der Waals surface area contributed by atoms with E-state index in [4.69, 9.17) is 11.2 Å². The molecule has 0 fully saturated rings. The highest BCUT2D eigenvalue weighted by Crippen LogP contribution is 2.10. The van der Waals surface area contributed by atoms with E-state index in [0.29, 0.717) is 0 Å². The van der Waals surface area contributed by atoms with E-state index >= 15 is 0 Å². The summed E-state index contributed by atoms with van der Waals surface area (Å²) in [6, 6.07) is -1.28. The lowest BCUT2D eigenvalue weighted by atomic mass is 10.1. The first-order chi connectivity index (χ1) is 6.50. The van der Waals surface area contributed by atoms with Crippen molar-refractivity contribution in [1.29, 1.82) is 0 Å². The van der Waals surface area contributed by atoms with Crippen molar-refractivity contribution >= 4 is 0 Å². The molecule has 0 aromatic heterocycles. The minimum absolute atomic E-state index is 0.191. The van der Waals surface area contributed by atoms with Gasteiger partial charge in [0, 0.05) is 0 Å². The molecule has 0 saturated heterocycles. The average Bonchev–Trinajstić information content (AvgIpc) is 2.19. The van der Waals surface area contributed by atoms with Gasteiger partial charge in [-0.2, -0.15) is 0 Å². The Bertz CT molecular complexity index is 338. The van der Waals surface area contributed by atoms with E-state index in [-0.39, 0.29) is 36.7 Å². The highest BCUT2D eigenvalue weighted by Gasteiger charge is 1.90. The zero-order valence-corrected chi connectivity index (χ0v) is 5.44. The first-order valence-electron chi connectivity index (χ1n) is 4.99. The van der Waals surface area contributed by atoms with Crippen LogP contribution in [-0.4, -0.2) is 11.7 Å². The lowest BCUT2D eigenvalue weighted by Crippen LogP contribution is -2.01. The van der Waals surface area contributed by atoms with Crippen LogP contribution in [0.25, 0.3) is 0 Å². The summed E-state index contributed by atoms with van der Waals surface area (Å²) in [6.45, 7) is 0.244. The summed E-state index contributed by atoms with van der Waals surface area (Å²) in [7, 11) is 0. The van der Waals surface area contributed by atoms with Crippen LogP contribution in [0.3, 0.4) is 0 Å². The van der Waals surface area contributed by atoms with E-state index in [0.717, 1.165) is 0 Å². The third kappa shape index (κ3) is 1.74. The number of phenols is 1. The van der Waals surface area contributed by atoms with Gasteiger partial charge in [-0.15, -0.1) is 0 Å². The number of aromatic hydroxyl groups is 1. The molecule has 10 heavy (non-hydrogen) atoms. The lowest BCUT2D eigenvalue weighted by Gasteiger charge is -1.97. The SMILES string of the molecule is [2H]c1c([2H])c(O)c([2H])c(CCN)c1[2H]. The number of hydrogen-bond donors (Lipinski definition) is 2. The van der Waals surface area contributed by atoms with Crippen molar-refractivity contribution in [2.24, 2.45) is 5.73 Å². The molecule has 0 unspecified atom stereocenters. The fourth-order valence-electron chi connectivity index (χ4n) is 0.641. The summed E-state index contributed by atoms with van der Waals surface area (Å²) >= 11 is 0. The zero-order valence-electron chi connectivity index (χ0n) is 9.44. The standard InChI is InChI=1S/C8H11NO/c9-5-4-7-2-1-3-8(10)6-7/h1-3,6,10H,4-5,9H2/i1D,2D,3D,6D. The van der Waals surface area contributed by atoms with Gasteiger partial charge in [0.25, 0.3) is 0 Å². The Morgan fingerprint density at radius 3 is 3.10 bits per heavy atom. The van der Waals surface area contributed by atoms with Crippen LogP contribution in [0, 0.1) is 0 Å². The minimum Gasteiger partial charge on any atom is -0.508 e. The van der Waals surface area contributed by atoms with Gasteiger partial charge in [0.15, 0.2) is 0 Å². The fourth-order valence-corrected chi connectivity index (χ4v) is 0.641. The molecular formula is C8H11NO. The maximum absolute atomic E-state index is 9.30. The van der Waals surface area contributed by atoms with Gasteiger partial charge in [0.2, 0.25) is 0 Å². The van der Waals surface area contributed by atoms with Crippen molar-refractivity contribution in [3.05, 3.63) is 29.7 Å². The second kappa shape index (κ2) is 3.22. The molecule has 0 aliphatic carbocycles. The van der Waals surface area contributed by atoms with Crippen LogP contribution in [0.1, 0.15) is 11.0 Å². The molecule has 1 aromatic carbocycles. The summed E-state index contributed by atoms with van der Waals surface area (Å²) in [4.78, 5) is 0. The summed E-state index contributed by atoms with van der Waals surface area (Å²) in [5, 5.41) is 9.30. The zero-order chi connectivity index (χ0) is 10.9. The Hall–Kier alpha value is -1.02. The summed E-state index contributed by atoms with van der Waals surface area (Å²) in [6.07, 6.45) is 0.261. The summed E-state index contributed by atoms with van der Waals surface area (Å²) in [5.41, 5.74) is 5.51. The fraction of sp³-hybridized carbons (Fsp3) is 0.250. The van der Waals surface area contributed by atoms with Crippen molar-refractivity contribution < 1.29 is 10.6 Å². The van der Waals surface area contributed by atoms with Crippen molar-refractivity contribution in [3.63, 3.8) is 0 Å². The van der Waals surface area contributed by atoms with Crippen molar-refractivity contribution in [2.75, 3.05) is 6.54 Å². The van der Waals surface area contributed by atoms with Gasteiger partial charge in [-0.1, -0.05) is 12.1 Å². The summed E-state index contributed by atoms with van der Waals surface area (Å²) < 4.78 is 29.5. The third-order valence-electron chi connectivity index (χ3n) is 1.06. The number of phenolic OH excluding ortho intramolecular Hbond substituents is 1. The van der Waals surface area contributed by atoms with E-state index in [1.807, 2.05) is 0 Å². The number of benzene rings is 1. The van der Waals surface area contributed by atoms with Crippen LogP contribution >= 0.6 is 0 Å². The second-order valence-electron chi connectivity index (χ2n) is 1.87. The topological polar surface area (TPSA) is 46.2 Å². The Labute approximate surface area is 65.9 Å². The first kappa shape index (κ1) is 3.39. The largest absolute Gasteiger partial charge is 0.508 e. The molecule has 1 aromatic rings. The normalized spacial score (nSPS) is 15.3. The van der Waals surface area contributed by atoms with Gasteiger partial charge in [-0.25, -0.2) is 0 Å². The molecule has 0 aliphatic rings. The molecule has 3 N–H and O–H groups in total. The minimum atomic E-state index is -0.547. The van der Waals surface area contributed by atoms with E-state index in [9.17, 15) is 5.11 Å². The van der Waals surface area contributed by atoms with Gasteiger partial charge in [0.1, 0.15) is 5.75 Å². The third-order valence-corrected chi connectivity index (χ3v) is 1.06. The van der Waals surface area contributed by atoms with Crippen molar-refractivity contribution in [3.8, 4) is 5.75 Å². The second-order valence-corrected chi connectivity index (χ2v) is 1.87. The van der Waals surface area contributed by atoms with Crippen LogP contribution in [0.15, 0.2) is 24.2 Å². The molecule has 0 atom stereocenters. The highest BCUT2D eigenvalue weighted by atomic mass is 16.3. The molecule has 0 aliphatic heterocycles. The first-order valence-corrected chi connectivity index (χ1v) is 2.99. The van der Waals surface area contributed by atoms with Crippen molar-refractivity contribution in [1.82, 2.24) is 0 Å². The number of rotatable bonds is 2. The van der Waals surface area contributed by atoms with Crippen LogP contribution in [0.4, 0.5) is 0 Å². The van der Waals surface area contributed by atoms with E-state index in [1.165, 1.54) is 0 Å². The quantitative estimate of drug-likeness (QED) is 0.642. The van der Waals surface area contributed by atoms with Crippen molar-refractivity contribution in [2.45, 2.75) is 6.42 Å². The average molecular weight is 141 g/mol. The molecule has 0 saturated carbocycles. The molecule has 2 heteroatoms. The number of hydrogen-bond acceptors (Lipinski definition) is 2. The van der Waals surface area contributed by atoms with E-state index in [1.54, 1.807) is 0 Å². The van der Waals surface area contributed by atoms with Crippen LogP contribution in [-0.2, 0) is 6.42 Å². The predicted molar refractivity (Wildman–Crippen MR) is 40.9 cm³/mol. The maximum atomic E-state index is 9.30. The Morgan fingerprint density at radius 1 is 1.60 bits per heavy atom. The molecule has 1 rings (SSSR count).